The fourth-order valence-electron chi connectivity index (χ4n) is 2.52. The smallest absolute Gasteiger partial charge is 0.161 e. The molecule has 0 atom stereocenters. The van der Waals surface area contributed by atoms with Crippen molar-refractivity contribution in [1.29, 1.82) is 0 Å². The van der Waals surface area contributed by atoms with Crippen molar-refractivity contribution in [3.63, 3.8) is 0 Å². The molecule has 1 heterocycles. The number of ether oxygens (including phenoxy) is 2. The molecule has 22 heavy (non-hydrogen) atoms. The first-order valence-corrected chi connectivity index (χ1v) is 7.05. The quantitative estimate of drug-likeness (QED) is 0.791. The highest BCUT2D eigenvalue weighted by molar-refractivity contribution is 5.96. The van der Waals surface area contributed by atoms with Crippen molar-refractivity contribution in [2.24, 2.45) is 0 Å². The van der Waals surface area contributed by atoms with Crippen molar-refractivity contribution < 1.29 is 9.47 Å². The van der Waals surface area contributed by atoms with Crippen molar-refractivity contribution in [3.05, 3.63) is 48.7 Å². The van der Waals surface area contributed by atoms with Crippen LogP contribution in [0.3, 0.4) is 0 Å². The van der Waals surface area contributed by atoms with Gasteiger partial charge in [0.25, 0.3) is 0 Å². The number of anilines is 1. The van der Waals surface area contributed by atoms with Gasteiger partial charge in [-0.25, -0.2) is 0 Å². The molecule has 0 radical (unpaired) electrons. The zero-order chi connectivity index (χ0) is 15.5. The van der Waals surface area contributed by atoms with Crippen molar-refractivity contribution in [2.45, 2.75) is 0 Å². The minimum atomic E-state index is 0.705. The molecule has 2 aromatic carbocycles. The molecule has 3 aromatic rings. The van der Waals surface area contributed by atoms with Crippen LogP contribution in [0.1, 0.15) is 0 Å². The molecule has 0 aliphatic carbocycles. The maximum Gasteiger partial charge on any atom is 0.161 e. The molecule has 3 rings (SSSR count). The number of benzene rings is 2. The summed E-state index contributed by atoms with van der Waals surface area (Å²) in [6.07, 6.45) is 1.82. The van der Waals surface area contributed by atoms with Crippen LogP contribution >= 0.6 is 0 Å². The van der Waals surface area contributed by atoms with Crippen molar-refractivity contribution >= 4 is 16.5 Å². The van der Waals surface area contributed by atoms with Gasteiger partial charge in [0.1, 0.15) is 0 Å². The Hall–Kier alpha value is -2.75. The number of pyridine rings is 1. The number of aromatic nitrogens is 1. The van der Waals surface area contributed by atoms with Crippen LogP contribution in [0.5, 0.6) is 11.5 Å². The molecule has 0 amide bonds. The Labute approximate surface area is 129 Å². The van der Waals surface area contributed by atoms with Crippen LogP contribution in [-0.4, -0.2) is 26.3 Å². The van der Waals surface area contributed by atoms with Crippen LogP contribution in [0.2, 0.25) is 0 Å². The van der Waals surface area contributed by atoms with Gasteiger partial charge in [-0.15, -0.1) is 0 Å². The van der Waals surface area contributed by atoms with E-state index in [-0.39, 0.29) is 0 Å². The molecule has 112 valence electrons. The molecule has 0 saturated carbocycles. The van der Waals surface area contributed by atoms with Gasteiger partial charge in [-0.05, 0) is 35.7 Å². The second-order valence-corrected chi connectivity index (χ2v) is 4.92. The summed E-state index contributed by atoms with van der Waals surface area (Å²) in [7, 11) is 5.19. The third kappa shape index (κ3) is 2.44. The Morgan fingerprint density at radius 1 is 0.909 bits per heavy atom. The highest BCUT2D eigenvalue weighted by Crippen LogP contribution is 2.36. The number of hydrogen-bond donors (Lipinski definition) is 1. The van der Waals surface area contributed by atoms with Crippen LogP contribution in [0, 0.1) is 0 Å². The molecule has 4 nitrogen and oxygen atoms in total. The molecule has 0 aliphatic heterocycles. The van der Waals surface area contributed by atoms with E-state index >= 15 is 0 Å². The van der Waals surface area contributed by atoms with E-state index in [1.807, 2.05) is 43.6 Å². The number of rotatable bonds is 4. The van der Waals surface area contributed by atoms with Gasteiger partial charge in [-0.1, -0.05) is 12.1 Å². The molecule has 1 N–H and O–H groups in total. The lowest BCUT2D eigenvalue weighted by molar-refractivity contribution is 0.356. The second-order valence-electron chi connectivity index (χ2n) is 4.92. The number of fused-ring (bicyclic) bond motifs is 1. The van der Waals surface area contributed by atoms with Gasteiger partial charge < -0.3 is 14.8 Å². The lowest BCUT2D eigenvalue weighted by Gasteiger charge is -2.12. The van der Waals surface area contributed by atoms with E-state index in [0.29, 0.717) is 5.75 Å². The lowest BCUT2D eigenvalue weighted by Crippen LogP contribution is -1.93. The first-order valence-electron chi connectivity index (χ1n) is 7.05. The third-order valence-electron chi connectivity index (χ3n) is 3.72. The van der Waals surface area contributed by atoms with E-state index < -0.39 is 0 Å². The summed E-state index contributed by atoms with van der Waals surface area (Å²) in [5, 5.41) is 5.23. The maximum atomic E-state index is 5.41. The lowest BCUT2D eigenvalue weighted by atomic mass is 10.0. The number of nitrogens with one attached hydrogen (secondary N) is 1. The van der Waals surface area contributed by atoms with Gasteiger partial charge in [0.05, 0.1) is 19.9 Å². The van der Waals surface area contributed by atoms with Crippen LogP contribution in [0.4, 0.5) is 5.69 Å². The molecular weight excluding hydrogens is 276 g/mol. The van der Waals surface area contributed by atoms with Crippen molar-refractivity contribution in [2.75, 3.05) is 26.6 Å². The molecule has 0 saturated heterocycles. The SMILES string of the molecule is CNc1ccc(-c2nccc3cc(OC)c(OC)cc23)cc1. The first kappa shape index (κ1) is 14.2. The second kappa shape index (κ2) is 5.93. The standard InChI is InChI=1S/C18H18N2O2/c1-19-14-6-4-12(5-7-14)18-15-11-17(22-3)16(21-2)10-13(15)8-9-20-18/h4-11,19H,1-3H3. The average Bonchev–Trinajstić information content (AvgIpc) is 2.60. The van der Waals surface area contributed by atoms with Crippen LogP contribution in [0.25, 0.3) is 22.0 Å². The van der Waals surface area contributed by atoms with E-state index in [4.69, 9.17) is 9.47 Å². The topological polar surface area (TPSA) is 43.4 Å². The Morgan fingerprint density at radius 2 is 1.59 bits per heavy atom. The molecule has 0 unspecified atom stereocenters. The predicted molar refractivity (Wildman–Crippen MR) is 89.8 cm³/mol. The van der Waals surface area contributed by atoms with Crippen LogP contribution < -0.4 is 14.8 Å². The van der Waals surface area contributed by atoms with E-state index in [0.717, 1.165) is 33.5 Å². The fraction of sp³-hybridized carbons (Fsp3) is 0.167. The zero-order valence-electron chi connectivity index (χ0n) is 12.9. The van der Waals surface area contributed by atoms with Crippen LogP contribution in [0.15, 0.2) is 48.7 Å². The van der Waals surface area contributed by atoms with Gasteiger partial charge in [-0.3, -0.25) is 4.98 Å². The summed E-state index contributed by atoms with van der Waals surface area (Å²) in [6.45, 7) is 0. The third-order valence-corrected chi connectivity index (χ3v) is 3.72. The predicted octanol–water partition coefficient (Wildman–Crippen LogP) is 3.96. The first-order chi connectivity index (χ1) is 10.8. The summed E-state index contributed by atoms with van der Waals surface area (Å²) in [6, 6.07) is 14.1. The molecular formula is C18H18N2O2. The average molecular weight is 294 g/mol. The maximum absolute atomic E-state index is 5.41. The van der Waals surface area contributed by atoms with Gasteiger partial charge in [0, 0.05) is 29.9 Å². The van der Waals surface area contributed by atoms with Gasteiger partial charge in [0.2, 0.25) is 0 Å². The number of hydrogen-bond acceptors (Lipinski definition) is 4. The highest BCUT2D eigenvalue weighted by Gasteiger charge is 2.11. The number of methoxy groups -OCH3 is 2. The summed E-state index contributed by atoms with van der Waals surface area (Å²) < 4.78 is 10.8. The van der Waals surface area contributed by atoms with Gasteiger partial charge >= 0.3 is 0 Å². The Balaban J connectivity index is 2.20. The van der Waals surface area contributed by atoms with E-state index in [1.54, 1.807) is 14.2 Å². The normalized spacial score (nSPS) is 10.5. The Morgan fingerprint density at radius 3 is 2.23 bits per heavy atom. The highest BCUT2D eigenvalue weighted by atomic mass is 16.5. The van der Waals surface area contributed by atoms with Crippen LogP contribution in [-0.2, 0) is 0 Å². The molecule has 0 fully saturated rings. The van der Waals surface area contributed by atoms with E-state index in [1.165, 1.54) is 0 Å². The molecule has 0 bridgehead atoms. The number of nitrogens with zero attached hydrogens (tertiary/aromatic N) is 1. The molecule has 4 heteroatoms. The van der Waals surface area contributed by atoms with Crippen molar-refractivity contribution in [1.82, 2.24) is 4.98 Å². The van der Waals surface area contributed by atoms with Gasteiger partial charge in [0.15, 0.2) is 11.5 Å². The Kier molecular flexibility index (Phi) is 3.83. The largest absolute Gasteiger partial charge is 0.493 e. The minimum Gasteiger partial charge on any atom is -0.493 e. The Bertz CT molecular complexity index is 798. The van der Waals surface area contributed by atoms with E-state index in [9.17, 15) is 0 Å². The zero-order valence-corrected chi connectivity index (χ0v) is 12.9. The van der Waals surface area contributed by atoms with E-state index in [2.05, 4.69) is 22.4 Å². The summed E-state index contributed by atoms with van der Waals surface area (Å²) in [5.41, 5.74) is 3.07. The summed E-state index contributed by atoms with van der Waals surface area (Å²) in [5.74, 6) is 1.42. The summed E-state index contributed by atoms with van der Waals surface area (Å²) in [4.78, 5) is 4.55. The summed E-state index contributed by atoms with van der Waals surface area (Å²) >= 11 is 0. The molecule has 0 spiro atoms. The molecule has 0 aliphatic rings. The van der Waals surface area contributed by atoms with Gasteiger partial charge in [-0.2, -0.15) is 0 Å². The fourth-order valence-corrected chi connectivity index (χ4v) is 2.52. The monoisotopic (exact) mass is 294 g/mol. The minimum absolute atomic E-state index is 0.705. The van der Waals surface area contributed by atoms with Crippen molar-refractivity contribution in [3.8, 4) is 22.8 Å². The molecule has 1 aromatic heterocycles.